The van der Waals surface area contributed by atoms with Gasteiger partial charge < -0.3 is 15.4 Å². The van der Waals surface area contributed by atoms with Gasteiger partial charge in [-0.2, -0.15) is 13.2 Å². The van der Waals surface area contributed by atoms with E-state index < -0.39 is 80.2 Å². The third kappa shape index (κ3) is 7.48. The molecule has 0 heterocycles. The Kier molecular flexibility index (Phi) is 9.56. The molecule has 7 nitrogen and oxygen atoms in total. The van der Waals surface area contributed by atoms with Crippen LogP contribution in [0, 0.1) is 30.3 Å². The number of hydrogen-bond acceptors (Lipinski definition) is 4. The number of nitrogens with one attached hydrogen (secondary N) is 3. The van der Waals surface area contributed by atoms with E-state index in [1.807, 2.05) is 0 Å². The summed E-state index contributed by atoms with van der Waals surface area (Å²) in [5.74, 6) is -8.39. The van der Waals surface area contributed by atoms with Crippen LogP contribution < -0.4 is 16.0 Å². The van der Waals surface area contributed by atoms with Crippen LogP contribution in [0.2, 0.25) is 5.02 Å². The number of rotatable bonds is 6. The first-order valence-corrected chi connectivity index (χ1v) is 14.4. The summed E-state index contributed by atoms with van der Waals surface area (Å²) in [5.41, 5.74) is -4.14. The molecule has 0 unspecified atom stereocenters. The van der Waals surface area contributed by atoms with Gasteiger partial charge in [-0.15, -0.1) is 23.2 Å². The van der Waals surface area contributed by atoms with E-state index in [4.69, 9.17) is 39.5 Å². The second kappa shape index (κ2) is 12.5. The zero-order valence-corrected chi connectivity index (χ0v) is 26.5. The van der Waals surface area contributed by atoms with E-state index in [0.717, 1.165) is 24.3 Å². The molecule has 1 aliphatic carbocycles. The number of halogens is 9. The fraction of sp³-hybridized carbons (Fsp3) is 0.300. The van der Waals surface area contributed by atoms with Gasteiger partial charge >= 0.3 is 12.3 Å². The zero-order chi connectivity index (χ0) is 34.5. The molecule has 1 fully saturated rings. The van der Waals surface area contributed by atoms with Gasteiger partial charge in [0.1, 0.15) is 27.3 Å². The van der Waals surface area contributed by atoms with Crippen LogP contribution in [0.1, 0.15) is 53.7 Å². The molecule has 3 aromatic carbocycles. The van der Waals surface area contributed by atoms with Crippen LogP contribution in [-0.2, 0) is 15.7 Å². The third-order valence-electron chi connectivity index (χ3n) is 6.72. The van der Waals surface area contributed by atoms with Gasteiger partial charge in [0.05, 0.1) is 27.8 Å². The van der Waals surface area contributed by atoms with Crippen LogP contribution in [0.4, 0.5) is 48.2 Å². The molecular formula is C30H24Cl3F6N3O4. The normalized spacial score (nSPS) is 17.2. The highest BCUT2D eigenvalue weighted by molar-refractivity contribution is 6.53. The smallest absolute Gasteiger partial charge is 0.419 e. The molecule has 4 rings (SSSR count). The lowest BCUT2D eigenvalue weighted by Crippen LogP contribution is -2.27. The Bertz CT molecular complexity index is 1740. The van der Waals surface area contributed by atoms with Crippen molar-refractivity contribution in [3.05, 3.63) is 87.2 Å². The lowest BCUT2D eigenvalue weighted by Gasteiger charge is -2.20. The number of ether oxygens (including phenoxy) is 1. The van der Waals surface area contributed by atoms with E-state index in [0.29, 0.717) is 12.1 Å². The zero-order valence-electron chi connectivity index (χ0n) is 24.2. The van der Waals surface area contributed by atoms with E-state index in [1.54, 1.807) is 20.8 Å². The summed E-state index contributed by atoms with van der Waals surface area (Å²) in [7, 11) is 0. The summed E-state index contributed by atoms with van der Waals surface area (Å²) in [6.07, 6.45) is -6.04. The standard InChI is InChI=1S/C30H24Cl3F6N3O4/c1-12-9-14(40-26(44)21-20(29(21,32)33)13-5-6-17(34)16(10-13)30(37,38)39)11-15(22(12)31)25(43)42-24-18(35)7-8-19(23(24)36)41-27(45)46-28(2,3)4/h5-11,20-21H,1-4H3,(H,40,44)(H,41,45)(H,42,43)/t20-,21+/m0/s1. The van der Waals surface area contributed by atoms with Crippen LogP contribution in [0.3, 0.4) is 0 Å². The van der Waals surface area contributed by atoms with Gasteiger partial charge in [0.25, 0.3) is 5.91 Å². The summed E-state index contributed by atoms with van der Waals surface area (Å²) in [4.78, 5) is 38.4. The maximum atomic E-state index is 15.2. The van der Waals surface area contributed by atoms with E-state index in [1.165, 1.54) is 13.0 Å². The topological polar surface area (TPSA) is 96.5 Å². The van der Waals surface area contributed by atoms with E-state index >= 15 is 4.39 Å². The van der Waals surface area contributed by atoms with Gasteiger partial charge in [-0.3, -0.25) is 14.9 Å². The minimum atomic E-state index is -5.01. The number of carbonyl (C=O) groups excluding carboxylic acids is 3. The van der Waals surface area contributed by atoms with Crippen LogP contribution in [0.25, 0.3) is 0 Å². The first-order valence-electron chi connectivity index (χ1n) is 13.3. The van der Waals surface area contributed by atoms with Gasteiger partial charge in [0.2, 0.25) is 5.91 Å². The van der Waals surface area contributed by atoms with Crippen molar-refractivity contribution in [1.29, 1.82) is 0 Å². The number of aryl methyl sites for hydroxylation is 1. The number of hydrogen-bond donors (Lipinski definition) is 3. The van der Waals surface area contributed by atoms with E-state index in [9.17, 15) is 36.3 Å². The largest absolute Gasteiger partial charge is 0.444 e. The van der Waals surface area contributed by atoms with E-state index in [2.05, 4.69) is 16.0 Å². The number of carbonyl (C=O) groups is 3. The molecule has 3 aromatic rings. The second-order valence-corrected chi connectivity index (χ2v) is 13.2. The fourth-order valence-electron chi connectivity index (χ4n) is 4.61. The molecule has 46 heavy (non-hydrogen) atoms. The Morgan fingerprint density at radius 3 is 2.13 bits per heavy atom. The van der Waals surface area contributed by atoms with Gasteiger partial charge in [0.15, 0.2) is 5.82 Å². The molecule has 16 heteroatoms. The number of amides is 3. The molecule has 3 N–H and O–H groups in total. The Balaban J connectivity index is 1.56. The molecule has 0 aromatic heterocycles. The van der Waals surface area contributed by atoms with Gasteiger partial charge in [0, 0.05) is 11.6 Å². The minimum absolute atomic E-state index is 0.0387. The van der Waals surface area contributed by atoms with Crippen LogP contribution in [-0.4, -0.2) is 27.8 Å². The molecule has 0 spiro atoms. The maximum absolute atomic E-state index is 15.2. The molecule has 0 bridgehead atoms. The van der Waals surface area contributed by atoms with Crippen LogP contribution in [0.5, 0.6) is 0 Å². The molecule has 3 amide bonds. The SMILES string of the molecule is Cc1cc(NC(=O)[C@H]2[C@H](c3ccc(F)c(C(F)(F)F)c3)C2(Cl)Cl)cc(C(=O)Nc2c(F)ccc(NC(=O)OC(C)(C)C)c2F)c1Cl. The highest BCUT2D eigenvalue weighted by Crippen LogP contribution is 2.65. The number of alkyl halides is 5. The summed E-state index contributed by atoms with van der Waals surface area (Å²) in [5, 5.41) is 6.51. The molecule has 1 saturated carbocycles. The maximum Gasteiger partial charge on any atom is 0.419 e. The molecular weight excluding hydrogens is 687 g/mol. The van der Waals surface area contributed by atoms with Crippen molar-refractivity contribution in [2.75, 3.05) is 16.0 Å². The van der Waals surface area contributed by atoms with Gasteiger partial charge in [-0.1, -0.05) is 17.7 Å². The van der Waals surface area contributed by atoms with Crippen molar-refractivity contribution in [3.8, 4) is 0 Å². The Hall–Kier alpha value is -3.68. The summed E-state index contributed by atoms with van der Waals surface area (Å²) in [6.45, 7) is 6.19. The highest BCUT2D eigenvalue weighted by atomic mass is 35.5. The summed E-state index contributed by atoms with van der Waals surface area (Å²) in [6, 6.07) is 6.31. The summed E-state index contributed by atoms with van der Waals surface area (Å²) < 4.78 is 86.5. The predicted octanol–water partition coefficient (Wildman–Crippen LogP) is 9.21. The highest BCUT2D eigenvalue weighted by Gasteiger charge is 2.67. The first kappa shape index (κ1) is 35.2. The quantitative estimate of drug-likeness (QED) is 0.176. The molecule has 0 saturated heterocycles. The van der Waals surface area contributed by atoms with E-state index in [-0.39, 0.29) is 27.4 Å². The van der Waals surface area contributed by atoms with Crippen molar-refractivity contribution < 1.29 is 45.5 Å². The monoisotopic (exact) mass is 709 g/mol. The van der Waals surface area contributed by atoms with Crippen molar-refractivity contribution in [1.82, 2.24) is 0 Å². The van der Waals surface area contributed by atoms with Crippen LogP contribution in [0.15, 0.2) is 42.5 Å². The number of benzene rings is 3. The molecule has 2 atom stereocenters. The lowest BCUT2D eigenvalue weighted by atomic mass is 10.0. The molecule has 0 aliphatic heterocycles. The van der Waals surface area contributed by atoms with Gasteiger partial charge in [-0.05, 0) is 75.2 Å². The lowest BCUT2D eigenvalue weighted by molar-refractivity contribution is -0.140. The first-order chi connectivity index (χ1) is 21.1. The molecule has 0 radical (unpaired) electrons. The van der Waals surface area contributed by atoms with Crippen molar-refractivity contribution in [3.63, 3.8) is 0 Å². The van der Waals surface area contributed by atoms with Crippen molar-refractivity contribution in [2.24, 2.45) is 5.92 Å². The third-order valence-corrected chi connectivity index (χ3v) is 8.16. The van der Waals surface area contributed by atoms with Gasteiger partial charge in [-0.25, -0.2) is 18.0 Å². The molecule has 1 aliphatic rings. The predicted molar refractivity (Wildman–Crippen MR) is 161 cm³/mol. The van der Waals surface area contributed by atoms with Crippen molar-refractivity contribution >= 4 is 69.8 Å². The summed E-state index contributed by atoms with van der Waals surface area (Å²) >= 11 is 18.8. The Labute approximate surface area is 273 Å². The molecule has 246 valence electrons. The Morgan fingerprint density at radius 1 is 0.891 bits per heavy atom. The average molecular weight is 711 g/mol. The second-order valence-electron chi connectivity index (χ2n) is 11.4. The van der Waals surface area contributed by atoms with Crippen LogP contribution >= 0.6 is 34.8 Å². The minimum Gasteiger partial charge on any atom is -0.444 e. The number of anilines is 3. The fourth-order valence-corrected chi connectivity index (χ4v) is 5.63. The van der Waals surface area contributed by atoms with Crippen molar-refractivity contribution in [2.45, 2.75) is 49.7 Å². The Morgan fingerprint density at radius 2 is 1.52 bits per heavy atom. The average Bonchev–Trinajstić information content (AvgIpc) is 3.50.